The molecule has 2 heterocycles. The maximum absolute atomic E-state index is 12.5. The highest BCUT2D eigenvalue weighted by Gasteiger charge is 2.35. The van der Waals surface area contributed by atoms with Crippen LogP contribution < -0.4 is 5.32 Å². The summed E-state index contributed by atoms with van der Waals surface area (Å²) < 4.78 is 37.7. The first kappa shape index (κ1) is 14.7. The number of thioether (sulfide) groups is 1. The molecule has 0 aliphatic carbocycles. The van der Waals surface area contributed by atoms with Crippen molar-refractivity contribution in [2.75, 3.05) is 17.6 Å². The maximum Gasteiger partial charge on any atom is 0.451 e. The van der Waals surface area contributed by atoms with E-state index in [0.717, 1.165) is 18.6 Å². The molecule has 1 unspecified atom stereocenters. The summed E-state index contributed by atoms with van der Waals surface area (Å²) in [5, 5.41) is 2.71. The van der Waals surface area contributed by atoms with Crippen LogP contribution in [-0.4, -0.2) is 27.0 Å². The van der Waals surface area contributed by atoms with Gasteiger partial charge in [0.15, 0.2) is 0 Å². The van der Waals surface area contributed by atoms with E-state index in [0.29, 0.717) is 6.54 Å². The topological polar surface area (TPSA) is 37.8 Å². The SMILES string of the molecule is CC1(CNc2cc(Cl)nc(C(F)(F)F)n2)CCCS1. The van der Waals surface area contributed by atoms with Gasteiger partial charge in [0, 0.05) is 17.4 Å². The molecule has 19 heavy (non-hydrogen) atoms. The first-order valence-corrected chi connectivity index (χ1v) is 7.14. The summed E-state index contributed by atoms with van der Waals surface area (Å²) in [5.74, 6) is -0.0240. The van der Waals surface area contributed by atoms with Gasteiger partial charge in [-0.05, 0) is 25.5 Å². The van der Waals surface area contributed by atoms with E-state index in [1.54, 1.807) is 0 Å². The number of halogens is 4. The third-order valence-corrected chi connectivity index (χ3v) is 4.62. The first-order chi connectivity index (χ1) is 8.78. The summed E-state index contributed by atoms with van der Waals surface area (Å²) in [4.78, 5) is 6.64. The Bertz CT molecular complexity index is 461. The Morgan fingerprint density at radius 2 is 2.21 bits per heavy atom. The molecule has 0 radical (unpaired) electrons. The molecule has 8 heteroatoms. The lowest BCUT2D eigenvalue weighted by Gasteiger charge is -2.23. The molecule has 1 N–H and O–H groups in total. The Balaban J connectivity index is 2.10. The Morgan fingerprint density at radius 3 is 2.79 bits per heavy atom. The number of aromatic nitrogens is 2. The molecule has 1 aliphatic heterocycles. The van der Waals surface area contributed by atoms with Gasteiger partial charge in [-0.15, -0.1) is 0 Å². The molecule has 0 amide bonds. The van der Waals surface area contributed by atoms with Crippen LogP contribution in [0.5, 0.6) is 0 Å². The van der Waals surface area contributed by atoms with Crippen molar-refractivity contribution in [3.8, 4) is 0 Å². The van der Waals surface area contributed by atoms with Gasteiger partial charge < -0.3 is 5.32 Å². The standard InChI is InChI=1S/C11H13ClF3N3S/c1-10(3-2-4-19-10)6-16-8-5-7(12)17-9(18-8)11(13,14)15/h5H,2-4,6H2,1H3,(H,16,17,18). The van der Waals surface area contributed by atoms with Gasteiger partial charge in [-0.2, -0.15) is 24.9 Å². The third-order valence-electron chi connectivity index (χ3n) is 2.89. The minimum atomic E-state index is -4.59. The van der Waals surface area contributed by atoms with Gasteiger partial charge in [0.1, 0.15) is 11.0 Å². The molecular weight excluding hydrogens is 299 g/mol. The predicted molar refractivity (Wildman–Crippen MR) is 70.6 cm³/mol. The Hall–Kier alpha value is -0.690. The van der Waals surface area contributed by atoms with Crippen molar-refractivity contribution in [1.29, 1.82) is 0 Å². The molecule has 1 aliphatic rings. The van der Waals surface area contributed by atoms with Crippen molar-refractivity contribution in [2.45, 2.75) is 30.7 Å². The van der Waals surface area contributed by atoms with E-state index < -0.39 is 12.0 Å². The van der Waals surface area contributed by atoms with Crippen molar-refractivity contribution in [3.63, 3.8) is 0 Å². The van der Waals surface area contributed by atoms with Crippen LogP contribution in [-0.2, 0) is 6.18 Å². The van der Waals surface area contributed by atoms with Crippen LogP contribution in [0.2, 0.25) is 5.15 Å². The second-order valence-electron chi connectivity index (χ2n) is 4.65. The minimum Gasteiger partial charge on any atom is -0.369 e. The summed E-state index contributed by atoms with van der Waals surface area (Å²) in [6.07, 6.45) is -2.43. The Morgan fingerprint density at radius 1 is 1.47 bits per heavy atom. The smallest absolute Gasteiger partial charge is 0.369 e. The summed E-state index contributed by atoms with van der Waals surface area (Å²) in [6.45, 7) is 2.65. The Kier molecular flexibility index (Phi) is 4.15. The van der Waals surface area contributed by atoms with Gasteiger partial charge in [0.25, 0.3) is 0 Å². The number of hydrogen-bond donors (Lipinski definition) is 1. The zero-order valence-electron chi connectivity index (χ0n) is 10.2. The van der Waals surface area contributed by atoms with Crippen molar-refractivity contribution >= 4 is 29.2 Å². The molecule has 0 aromatic carbocycles. The van der Waals surface area contributed by atoms with Crippen LogP contribution >= 0.6 is 23.4 Å². The van der Waals surface area contributed by atoms with Gasteiger partial charge in [-0.25, -0.2) is 9.97 Å². The molecule has 1 fully saturated rings. The van der Waals surface area contributed by atoms with Crippen LogP contribution in [0, 0.1) is 0 Å². The van der Waals surface area contributed by atoms with Gasteiger partial charge >= 0.3 is 6.18 Å². The fourth-order valence-corrected chi connectivity index (χ4v) is 3.32. The Labute approximate surface area is 118 Å². The van der Waals surface area contributed by atoms with Crippen LogP contribution in [0.15, 0.2) is 6.07 Å². The summed E-state index contributed by atoms with van der Waals surface area (Å²) in [5.41, 5.74) is 0. The summed E-state index contributed by atoms with van der Waals surface area (Å²) >= 11 is 7.41. The van der Waals surface area contributed by atoms with Crippen LogP contribution in [0.25, 0.3) is 0 Å². The second-order valence-corrected chi connectivity index (χ2v) is 6.72. The number of nitrogens with one attached hydrogen (secondary N) is 1. The molecule has 106 valence electrons. The third kappa shape index (κ3) is 3.89. The molecule has 0 saturated carbocycles. The number of alkyl halides is 3. The number of rotatable bonds is 3. The molecule has 0 spiro atoms. The van der Waals surface area contributed by atoms with Gasteiger partial charge in [0.2, 0.25) is 5.82 Å². The zero-order chi connectivity index (χ0) is 14.1. The van der Waals surface area contributed by atoms with Crippen molar-refractivity contribution < 1.29 is 13.2 Å². The molecule has 3 nitrogen and oxygen atoms in total. The monoisotopic (exact) mass is 311 g/mol. The number of anilines is 1. The van der Waals surface area contributed by atoms with Gasteiger partial charge in [-0.1, -0.05) is 11.6 Å². The molecule has 1 aromatic rings. The molecule has 1 aromatic heterocycles. The van der Waals surface area contributed by atoms with E-state index in [2.05, 4.69) is 22.2 Å². The van der Waals surface area contributed by atoms with E-state index >= 15 is 0 Å². The van der Waals surface area contributed by atoms with Gasteiger partial charge in [0.05, 0.1) is 0 Å². The zero-order valence-corrected chi connectivity index (χ0v) is 11.8. The van der Waals surface area contributed by atoms with Crippen LogP contribution in [0.1, 0.15) is 25.6 Å². The normalized spacial score (nSPS) is 23.6. The average molecular weight is 312 g/mol. The van der Waals surface area contributed by atoms with E-state index in [-0.39, 0.29) is 15.7 Å². The summed E-state index contributed by atoms with van der Waals surface area (Å²) in [6, 6.07) is 1.31. The van der Waals surface area contributed by atoms with Gasteiger partial charge in [-0.3, -0.25) is 0 Å². The van der Waals surface area contributed by atoms with E-state index in [9.17, 15) is 13.2 Å². The van der Waals surface area contributed by atoms with Crippen LogP contribution in [0.4, 0.5) is 19.0 Å². The van der Waals surface area contributed by atoms with Crippen molar-refractivity contribution in [1.82, 2.24) is 9.97 Å². The van der Waals surface area contributed by atoms with Crippen molar-refractivity contribution in [2.24, 2.45) is 0 Å². The quantitative estimate of drug-likeness (QED) is 0.861. The van der Waals surface area contributed by atoms with Crippen LogP contribution in [0.3, 0.4) is 0 Å². The first-order valence-electron chi connectivity index (χ1n) is 5.78. The lowest BCUT2D eigenvalue weighted by molar-refractivity contribution is -0.144. The fourth-order valence-electron chi connectivity index (χ4n) is 1.89. The maximum atomic E-state index is 12.5. The highest BCUT2D eigenvalue weighted by Crippen LogP contribution is 2.37. The fraction of sp³-hybridized carbons (Fsp3) is 0.636. The predicted octanol–water partition coefficient (Wildman–Crippen LogP) is 3.85. The lowest BCUT2D eigenvalue weighted by Crippen LogP contribution is -2.27. The highest BCUT2D eigenvalue weighted by atomic mass is 35.5. The highest BCUT2D eigenvalue weighted by molar-refractivity contribution is 8.00. The molecule has 1 saturated heterocycles. The van der Waals surface area contributed by atoms with E-state index in [4.69, 9.17) is 11.6 Å². The molecular formula is C11H13ClF3N3S. The number of hydrogen-bond acceptors (Lipinski definition) is 4. The number of nitrogens with zero attached hydrogens (tertiary/aromatic N) is 2. The minimum absolute atomic E-state index is 0.0375. The largest absolute Gasteiger partial charge is 0.451 e. The van der Waals surface area contributed by atoms with E-state index in [1.807, 2.05) is 11.8 Å². The summed E-state index contributed by atoms with van der Waals surface area (Å²) in [7, 11) is 0. The lowest BCUT2D eigenvalue weighted by atomic mass is 10.1. The molecule has 1 atom stereocenters. The average Bonchev–Trinajstić information content (AvgIpc) is 2.72. The molecule has 0 bridgehead atoms. The second kappa shape index (κ2) is 5.36. The van der Waals surface area contributed by atoms with Crippen molar-refractivity contribution in [3.05, 3.63) is 17.0 Å². The molecule has 2 rings (SSSR count). The van der Waals surface area contributed by atoms with E-state index in [1.165, 1.54) is 6.07 Å².